The molecule has 0 aliphatic carbocycles. The fourth-order valence-corrected chi connectivity index (χ4v) is 2.14. The van der Waals surface area contributed by atoms with Gasteiger partial charge in [-0.3, -0.25) is 19.7 Å². The quantitative estimate of drug-likeness (QED) is 0.415. The molecule has 0 spiro atoms. The van der Waals surface area contributed by atoms with E-state index in [0.717, 1.165) is 18.2 Å². The molecule has 0 radical (unpaired) electrons. The van der Waals surface area contributed by atoms with Gasteiger partial charge in [-0.25, -0.2) is 5.43 Å². The Bertz CT molecular complexity index is 927. The number of amides is 2. The summed E-state index contributed by atoms with van der Waals surface area (Å²) in [4.78, 5) is 33.5. The molecule has 0 aliphatic heterocycles. The molecule has 2 aromatic rings. The number of halogens is 3. The first-order chi connectivity index (χ1) is 13.6. The van der Waals surface area contributed by atoms with E-state index in [2.05, 4.69) is 15.8 Å². The van der Waals surface area contributed by atoms with Crippen LogP contribution < -0.4 is 10.7 Å². The monoisotopic (exact) mass is 408 g/mol. The number of hydrogen-bond acceptors (Lipinski definition) is 5. The van der Waals surface area contributed by atoms with E-state index >= 15 is 0 Å². The van der Waals surface area contributed by atoms with Crippen molar-refractivity contribution in [2.75, 3.05) is 5.32 Å². The van der Waals surface area contributed by atoms with Crippen molar-refractivity contribution in [1.82, 2.24) is 5.43 Å². The van der Waals surface area contributed by atoms with Crippen LogP contribution in [0.2, 0.25) is 0 Å². The summed E-state index contributed by atoms with van der Waals surface area (Å²) in [5, 5.41) is 16.5. The van der Waals surface area contributed by atoms with Crippen LogP contribution in [0.5, 0.6) is 0 Å². The summed E-state index contributed by atoms with van der Waals surface area (Å²) in [5.41, 5.74) is 1.69. The second-order valence-electron chi connectivity index (χ2n) is 5.77. The summed E-state index contributed by atoms with van der Waals surface area (Å²) in [6.07, 6.45) is -3.75. The number of benzene rings is 2. The van der Waals surface area contributed by atoms with Crippen LogP contribution in [-0.2, 0) is 15.8 Å². The molecule has 0 saturated carbocycles. The normalized spacial score (nSPS) is 11.3. The highest BCUT2D eigenvalue weighted by molar-refractivity contribution is 5.93. The number of rotatable bonds is 7. The van der Waals surface area contributed by atoms with Crippen LogP contribution in [0.25, 0.3) is 0 Å². The molecule has 29 heavy (non-hydrogen) atoms. The number of nitrogens with zero attached hydrogens (tertiary/aromatic N) is 2. The van der Waals surface area contributed by atoms with Crippen molar-refractivity contribution in [3.8, 4) is 0 Å². The molecular formula is C18H15F3N4O4. The number of nitro groups is 1. The zero-order chi connectivity index (χ0) is 21.4. The topological polar surface area (TPSA) is 114 Å². The molecule has 11 heteroatoms. The number of anilines is 1. The predicted octanol–water partition coefficient (Wildman–Crippen LogP) is 3.48. The van der Waals surface area contributed by atoms with E-state index in [1.54, 1.807) is 0 Å². The lowest BCUT2D eigenvalue weighted by Gasteiger charge is -2.09. The van der Waals surface area contributed by atoms with Crippen LogP contribution in [0.4, 0.5) is 24.5 Å². The minimum Gasteiger partial charge on any atom is -0.326 e. The standard InChI is InChI=1S/C18H15F3N4O4/c19-18(20,21)13-2-1-3-14(10-13)23-16(26)8-9-17(27)24-22-11-12-4-6-15(7-5-12)25(28)29/h1-7,10-11H,8-9H2,(H,23,26)(H,24,27)/b22-11-. The van der Waals surface area contributed by atoms with E-state index < -0.39 is 28.5 Å². The molecule has 0 aromatic heterocycles. The van der Waals surface area contributed by atoms with Crippen LogP contribution in [0.15, 0.2) is 53.6 Å². The van der Waals surface area contributed by atoms with Crippen molar-refractivity contribution in [2.45, 2.75) is 19.0 Å². The van der Waals surface area contributed by atoms with Gasteiger partial charge in [-0.2, -0.15) is 18.3 Å². The fraction of sp³-hybridized carbons (Fsp3) is 0.167. The maximum Gasteiger partial charge on any atom is 0.416 e. The molecule has 0 fully saturated rings. The lowest BCUT2D eigenvalue weighted by atomic mass is 10.2. The van der Waals surface area contributed by atoms with Crippen molar-refractivity contribution in [3.05, 3.63) is 69.8 Å². The number of hydrazone groups is 1. The van der Waals surface area contributed by atoms with Crippen molar-refractivity contribution >= 4 is 29.4 Å². The molecule has 0 saturated heterocycles. The van der Waals surface area contributed by atoms with E-state index in [4.69, 9.17) is 0 Å². The predicted molar refractivity (Wildman–Crippen MR) is 98.1 cm³/mol. The van der Waals surface area contributed by atoms with E-state index in [1.807, 2.05) is 0 Å². The zero-order valence-corrected chi connectivity index (χ0v) is 14.8. The minimum absolute atomic E-state index is 0.0265. The smallest absolute Gasteiger partial charge is 0.326 e. The Morgan fingerprint density at radius 2 is 1.72 bits per heavy atom. The second kappa shape index (κ2) is 9.44. The molecule has 2 amide bonds. The van der Waals surface area contributed by atoms with Gasteiger partial charge in [-0.15, -0.1) is 0 Å². The average molecular weight is 408 g/mol. The van der Waals surface area contributed by atoms with Gasteiger partial charge in [-0.05, 0) is 35.9 Å². The first kappa shape index (κ1) is 21.5. The third kappa shape index (κ3) is 7.05. The SMILES string of the molecule is O=C(CCC(=O)Nc1cccc(C(F)(F)F)c1)N/N=C\c1ccc([N+](=O)[O-])cc1. The van der Waals surface area contributed by atoms with E-state index in [0.29, 0.717) is 5.56 Å². The van der Waals surface area contributed by atoms with E-state index in [-0.39, 0.29) is 24.2 Å². The van der Waals surface area contributed by atoms with Crippen LogP contribution in [0, 0.1) is 10.1 Å². The Kier molecular flexibility index (Phi) is 7.01. The molecule has 0 heterocycles. The highest BCUT2D eigenvalue weighted by Gasteiger charge is 2.30. The Hall–Kier alpha value is -3.76. The highest BCUT2D eigenvalue weighted by atomic mass is 19.4. The molecule has 2 N–H and O–H groups in total. The summed E-state index contributed by atoms with van der Waals surface area (Å²) < 4.78 is 37.9. The lowest BCUT2D eigenvalue weighted by molar-refractivity contribution is -0.384. The van der Waals surface area contributed by atoms with E-state index in [9.17, 15) is 32.9 Å². The Balaban J connectivity index is 1.78. The first-order valence-electron chi connectivity index (χ1n) is 8.18. The van der Waals surface area contributed by atoms with Crippen molar-refractivity contribution < 1.29 is 27.7 Å². The van der Waals surface area contributed by atoms with Gasteiger partial charge >= 0.3 is 6.18 Å². The van der Waals surface area contributed by atoms with Crippen molar-refractivity contribution in [1.29, 1.82) is 0 Å². The van der Waals surface area contributed by atoms with Gasteiger partial charge in [0, 0.05) is 30.7 Å². The Morgan fingerprint density at radius 3 is 2.34 bits per heavy atom. The van der Waals surface area contributed by atoms with Crippen LogP contribution in [-0.4, -0.2) is 23.0 Å². The number of hydrogen-bond donors (Lipinski definition) is 2. The van der Waals surface area contributed by atoms with Gasteiger partial charge in [0.15, 0.2) is 0 Å². The summed E-state index contributed by atoms with van der Waals surface area (Å²) in [6, 6.07) is 9.59. The van der Waals surface area contributed by atoms with Crippen LogP contribution in [0.1, 0.15) is 24.0 Å². The van der Waals surface area contributed by atoms with Crippen molar-refractivity contribution in [3.63, 3.8) is 0 Å². The summed E-state index contributed by atoms with van der Waals surface area (Å²) >= 11 is 0. The van der Waals surface area contributed by atoms with Gasteiger partial charge in [0.25, 0.3) is 5.69 Å². The van der Waals surface area contributed by atoms with Gasteiger partial charge in [0.1, 0.15) is 0 Å². The zero-order valence-electron chi connectivity index (χ0n) is 14.8. The molecule has 0 aliphatic rings. The number of non-ortho nitro benzene ring substituents is 1. The van der Waals surface area contributed by atoms with Crippen LogP contribution in [0.3, 0.4) is 0 Å². The highest BCUT2D eigenvalue weighted by Crippen LogP contribution is 2.30. The second-order valence-corrected chi connectivity index (χ2v) is 5.77. The Labute approximate surface area is 162 Å². The molecular weight excluding hydrogens is 393 g/mol. The van der Waals surface area contributed by atoms with Gasteiger partial charge in [0.2, 0.25) is 11.8 Å². The molecule has 152 valence electrons. The van der Waals surface area contributed by atoms with Gasteiger partial charge in [-0.1, -0.05) is 6.07 Å². The number of nitro benzene ring substituents is 1. The van der Waals surface area contributed by atoms with Gasteiger partial charge < -0.3 is 5.32 Å². The average Bonchev–Trinajstić information content (AvgIpc) is 2.66. The molecule has 2 aromatic carbocycles. The number of carbonyl (C=O) groups excluding carboxylic acids is 2. The van der Waals surface area contributed by atoms with E-state index in [1.165, 1.54) is 36.5 Å². The number of nitrogens with one attached hydrogen (secondary N) is 2. The lowest BCUT2D eigenvalue weighted by Crippen LogP contribution is -2.20. The Morgan fingerprint density at radius 1 is 1.07 bits per heavy atom. The molecule has 2 rings (SSSR count). The third-order valence-corrected chi connectivity index (χ3v) is 3.56. The summed E-state index contributed by atoms with van der Waals surface area (Å²) in [6.45, 7) is 0. The molecule has 0 atom stereocenters. The molecule has 8 nitrogen and oxygen atoms in total. The maximum absolute atomic E-state index is 12.6. The maximum atomic E-state index is 12.6. The molecule has 0 bridgehead atoms. The summed E-state index contributed by atoms with van der Waals surface area (Å²) in [5.74, 6) is -1.21. The summed E-state index contributed by atoms with van der Waals surface area (Å²) in [7, 11) is 0. The first-order valence-corrected chi connectivity index (χ1v) is 8.18. The van der Waals surface area contributed by atoms with Crippen molar-refractivity contribution in [2.24, 2.45) is 5.10 Å². The fourth-order valence-electron chi connectivity index (χ4n) is 2.14. The number of carbonyl (C=O) groups is 2. The van der Waals surface area contributed by atoms with Gasteiger partial charge in [0.05, 0.1) is 16.7 Å². The minimum atomic E-state index is -4.53. The third-order valence-electron chi connectivity index (χ3n) is 3.56. The van der Waals surface area contributed by atoms with Crippen LogP contribution >= 0.6 is 0 Å². The number of alkyl halides is 3. The largest absolute Gasteiger partial charge is 0.416 e. The molecule has 0 unspecified atom stereocenters.